The molecule has 0 spiro atoms. The Morgan fingerprint density at radius 2 is 0.905 bits per heavy atom. The summed E-state index contributed by atoms with van der Waals surface area (Å²) in [6, 6.07) is 78.7. The zero-order chi connectivity index (χ0) is 41.5. The normalized spacial score (nSPS) is 12.9. The molecule has 63 heavy (non-hydrogen) atoms. The molecule has 0 saturated heterocycles. The van der Waals surface area contributed by atoms with Crippen LogP contribution in [0.2, 0.25) is 0 Å². The molecule has 0 fully saturated rings. The highest BCUT2D eigenvalue weighted by Crippen LogP contribution is 2.56. The van der Waals surface area contributed by atoms with E-state index in [1.165, 1.54) is 59.1 Å². The van der Waals surface area contributed by atoms with E-state index in [1.54, 1.807) is 0 Å². The van der Waals surface area contributed by atoms with Crippen LogP contribution in [0.3, 0.4) is 0 Å². The average molecular weight is 821 g/mol. The van der Waals surface area contributed by atoms with Crippen LogP contribution in [0.5, 0.6) is 0 Å². The SMILES string of the molecule is c1ccc(-c2nc(-c3ccccc3)nc(-n3c4cc(-c5cccc6c5sc5ccccc56)ccc4c4ccc(C5(c6ccccc6)c6ccccc6-c6ccccc65)cc43)n2)cc1. The zero-order valence-electron chi connectivity index (χ0n) is 34.0. The van der Waals surface area contributed by atoms with Gasteiger partial charge in [-0.25, -0.2) is 4.98 Å². The number of thiophene rings is 1. The van der Waals surface area contributed by atoms with Crippen LogP contribution in [0, 0.1) is 0 Å². The molecule has 1 aliphatic carbocycles. The van der Waals surface area contributed by atoms with Gasteiger partial charge >= 0.3 is 0 Å². The third kappa shape index (κ3) is 5.37. The van der Waals surface area contributed by atoms with Gasteiger partial charge in [0.1, 0.15) is 0 Å². The molecule has 1 aliphatic rings. The number of hydrogen-bond donors (Lipinski definition) is 0. The highest BCUT2D eigenvalue weighted by atomic mass is 32.1. The minimum Gasteiger partial charge on any atom is -0.278 e. The molecule has 0 radical (unpaired) electrons. The fourth-order valence-electron chi connectivity index (χ4n) is 10.2. The second-order valence-corrected chi connectivity index (χ2v) is 17.4. The molecule has 294 valence electrons. The second kappa shape index (κ2) is 14.0. The lowest BCUT2D eigenvalue weighted by Crippen LogP contribution is -2.28. The first-order chi connectivity index (χ1) is 31.2. The van der Waals surface area contributed by atoms with Gasteiger partial charge in [0.05, 0.1) is 16.4 Å². The number of hydrogen-bond acceptors (Lipinski definition) is 4. The Hall–Kier alpha value is -7.99. The monoisotopic (exact) mass is 820 g/mol. The fourth-order valence-corrected chi connectivity index (χ4v) is 11.5. The van der Waals surface area contributed by atoms with E-state index in [0.717, 1.165) is 38.5 Å². The number of fused-ring (bicyclic) bond motifs is 9. The molecule has 3 aromatic heterocycles. The van der Waals surface area contributed by atoms with E-state index in [9.17, 15) is 0 Å². The zero-order valence-corrected chi connectivity index (χ0v) is 34.8. The molecule has 0 aliphatic heterocycles. The van der Waals surface area contributed by atoms with Gasteiger partial charge < -0.3 is 0 Å². The van der Waals surface area contributed by atoms with Crippen LogP contribution in [0.4, 0.5) is 0 Å². The van der Waals surface area contributed by atoms with Crippen molar-refractivity contribution in [2.75, 3.05) is 0 Å². The summed E-state index contributed by atoms with van der Waals surface area (Å²) < 4.78 is 4.86. The van der Waals surface area contributed by atoms with Crippen LogP contribution < -0.4 is 0 Å². The third-order valence-corrected chi connectivity index (χ3v) is 14.2. The van der Waals surface area contributed by atoms with Gasteiger partial charge in [-0.2, -0.15) is 9.97 Å². The Morgan fingerprint density at radius 3 is 1.59 bits per heavy atom. The molecule has 0 amide bonds. The largest absolute Gasteiger partial charge is 0.278 e. The molecular formula is C58H36N4S. The lowest BCUT2D eigenvalue weighted by Gasteiger charge is -2.34. The van der Waals surface area contributed by atoms with Crippen molar-refractivity contribution >= 4 is 53.3 Å². The topological polar surface area (TPSA) is 43.6 Å². The summed E-state index contributed by atoms with van der Waals surface area (Å²) >= 11 is 1.86. The number of nitrogens with zero attached hydrogens (tertiary/aromatic N) is 4. The fraction of sp³-hybridized carbons (Fsp3) is 0.0172. The lowest BCUT2D eigenvalue weighted by atomic mass is 9.67. The van der Waals surface area contributed by atoms with E-state index in [0.29, 0.717) is 17.6 Å². The molecule has 5 heteroatoms. The summed E-state index contributed by atoms with van der Waals surface area (Å²) in [5, 5.41) is 4.83. The van der Waals surface area contributed by atoms with Crippen molar-refractivity contribution in [3.05, 3.63) is 241 Å². The molecular weight excluding hydrogens is 785 g/mol. The Morgan fingerprint density at radius 1 is 0.365 bits per heavy atom. The van der Waals surface area contributed by atoms with Gasteiger partial charge in [-0.1, -0.05) is 200 Å². The first-order valence-corrected chi connectivity index (χ1v) is 22.2. The van der Waals surface area contributed by atoms with E-state index >= 15 is 0 Å². The Labute approximate surface area is 368 Å². The van der Waals surface area contributed by atoms with Crippen molar-refractivity contribution in [3.8, 4) is 51.0 Å². The molecule has 13 rings (SSSR count). The van der Waals surface area contributed by atoms with Crippen LogP contribution in [0.25, 0.3) is 93.0 Å². The summed E-state index contributed by atoms with van der Waals surface area (Å²) in [5.74, 6) is 1.81. The summed E-state index contributed by atoms with van der Waals surface area (Å²) in [6.45, 7) is 0. The molecule has 12 aromatic rings. The van der Waals surface area contributed by atoms with E-state index in [-0.39, 0.29) is 0 Å². The maximum absolute atomic E-state index is 5.37. The molecule has 4 nitrogen and oxygen atoms in total. The maximum atomic E-state index is 5.37. The lowest BCUT2D eigenvalue weighted by molar-refractivity contribution is 0.769. The van der Waals surface area contributed by atoms with E-state index in [4.69, 9.17) is 15.0 Å². The molecule has 0 bridgehead atoms. The van der Waals surface area contributed by atoms with Gasteiger partial charge in [0.15, 0.2) is 11.6 Å². The van der Waals surface area contributed by atoms with Crippen LogP contribution in [-0.4, -0.2) is 19.5 Å². The van der Waals surface area contributed by atoms with Crippen molar-refractivity contribution in [2.45, 2.75) is 5.41 Å². The Bertz CT molecular complexity index is 3640. The number of rotatable bonds is 6. The van der Waals surface area contributed by atoms with Gasteiger partial charge in [-0.3, -0.25) is 4.57 Å². The highest BCUT2D eigenvalue weighted by molar-refractivity contribution is 7.26. The second-order valence-electron chi connectivity index (χ2n) is 16.3. The van der Waals surface area contributed by atoms with E-state index in [1.807, 2.05) is 47.7 Å². The standard InChI is InChI=1S/C58H36N4S/c1-4-17-37(18-5-1)55-59-56(38-19-6-2-7-20-38)61-57(60-55)62-51-35-39(42-26-16-27-48-47-25-12-15-30-53(47)63-54(42)48)31-33-45(51)46-34-32-41(36-52(46)62)58(40-21-8-3-9-22-40)49-28-13-10-23-43(49)44-24-11-14-29-50(44)58/h1-36H. The van der Waals surface area contributed by atoms with Crippen molar-refractivity contribution in [1.29, 1.82) is 0 Å². The summed E-state index contributed by atoms with van der Waals surface area (Å²) in [4.78, 5) is 15.9. The molecule has 0 atom stereocenters. The van der Waals surface area contributed by atoms with Crippen LogP contribution in [-0.2, 0) is 5.41 Å². The molecule has 0 unspecified atom stereocenters. The number of aromatic nitrogens is 4. The van der Waals surface area contributed by atoms with Gasteiger partial charge in [0.25, 0.3) is 0 Å². The number of benzene rings is 9. The predicted octanol–water partition coefficient (Wildman–Crippen LogP) is 14.7. The molecule has 0 N–H and O–H groups in total. The van der Waals surface area contributed by atoms with Crippen molar-refractivity contribution in [3.63, 3.8) is 0 Å². The summed E-state index contributed by atoms with van der Waals surface area (Å²) in [7, 11) is 0. The van der Waals surface area contributed by atoms with Gasteiger partial charge in [0, 0.05) is 42.1 Å². The minimum atomic E-state index is -0.574. The van der Waals surface area contributed by atoms with Gasteiger partial charge in [-0.05, 0) is 62.7 Å². The summed E-state index contributed by atoms with van der Waals surface area (Å²) in [5.41, 5.74) is 13.2. The van der Waals surface area contributed by atoms with Crippen LogP contribution >= 0.6 is 11.3 Å². The predicted molar refractivity (Wildman–Crippen MR) is 261 cm³/mol. The maximum Gasteiger partial charge on any atom is 0.238 e. The van der Waals surface area contributed by atoms with Gasteiger partial charge in [-0.15, -0.1) is 11.3 Å². The highest BCUT2D eigenvalue weighted by Gasteiger charge is 2.46. The molecule has 9 aromatic carbocycles. The Balaban J connectivity index is 1.14. The van der Waals surface area contributed by atoms with Crippen molar-refractivity contribution < 1.29 is 0 Å². The van der Waals surface area contributed by atoms with Crippen LogP contribution in [0.15, 0.2) is 218 Å². The quantitative estimate of drug-likeness (QED) is 0.168. The molecule has 0 saturated carbocycles. The van der Waals surface area contributed by atoms with E-state index < -0.39 is 5.41 Å². The molecule has 3 heterocycles. The smallest absolute Gasteiger partial charge is 0.238 e. The first kappa shape index (κ1) is 35.7. The first-order valence-electron chi connectivity index (χ1n) is 21.4. The van der Waals surface area contributed by atoms with Crippen molar-refractivity contribution in [2.24, 2.45) is 0 Å². The van der Waals surface area contributed by atoms with E-state index in [2.05, 4.69) is 187 Å². The Kier molecular flexibility index (Phi) is 7.96. The summed E-state index contributed by atoms with van der Waals surface area (Å²) in [6.07, 6.45) is 0. The average Bonchev–Trinajstić information content (AvgIpc) is 4.01. The van der Waals surface area contributed by atoms with Crippen LogP contribution in [0.1, 0.15) is 22.3 Å². The van der Waals surface area contributed by atoms with Gasteiger partial charge in [0.2, 0.25) is 5.95 Å². The van der Waals surface area contributed by atoms with Crippen molar-refractivity contribution in [1.82, 2.24) is 19.5 Å². The minimum absolute atomic E-state index is 0.568. The third-order valence-electron chi connectivity index (χ3n) is 13.0.